The van der Waals surface area contributed by atoms with Gasteiger partial charge in [-0.25, -0.2) is 9.78 Å². The van der Waals surface area contributed by atoms with Crippen molar-refractivity contribution in [2.45, 2.75) is 32.9 Å². The minimum absolute atomic E-state index is 0.0296. The molecule has 1 aromatic heterocycles. The number of nitrogens with zero attached hydrogens (tertiary/aromatic N) is 1. The van der Waals surface area contributed by atoms with E-state index < -0.39 is 29.2 Å². The highest BCUT2D eigenvalue weighted by atomic mass is 32.1. The molecule has 2 amide bonds. The first kappa shape index (κ1) is 24.2. The Morgan fingerprint density at radius 3 is 2.33 bits per heavy atom. The SMILES string of the molecule is CC(C)(CC(=O)O)Cc1ncc(-c2ccc(NC(=O)Nc3cccc(C(F)(F)F)c3)cc2)s1. The summed E-state index contributed by atoms with van der Waals surface area (Å²) in [5.41, 5.74) is 0.109. The Kier molecular flexibility index (Phi) is 7.06. The first-order valence-electron chi connectivity index (χ1n) is 9.93. The number of amides is 2. The summed E-state index contributed by atoms with van der Waals surface area (Å²) >= 11 is 1.47. The Hall–Kier alpha value is -3.40. The standard InChI is InChI=1S/C23H22F3N3O3S/c1-22(2,12-20(30)31)11-19-27-13-18(33-19)14-6-8-16(9-7-14)28-21(32)29-17-5-3-4-15(10-17)23(24,25)26/h3-10,13H,11-12H2,1-2H3,(H,30,31)(H2,28,29,32). The molecule has 174 valence electrons. The summed E-state index contributed by atoms with van der Waals surface area (Å²) in [4.78, 5) is 28.4. The van der Waals surface area contributed by atoms with Crippen LogP contribution in [0.15, 0.2) is 54.7 Å². The normalized spacial score (nSPS) is 11.8. The van der Waals surface area contributed by atoms with Gasteiger partial charge in [-0.3, -0.25) is 4.79 Å². The van der Waals surface area contributed by atoms with Gasteiger partial charge in [-0.1, -0.05) is 32.0 Å². The number of carbonyl (C=O) groups excluding carboxylic acids is 1. The number of urea groups is 1. The summed E-state index contributed by atoms with van der Waals surface area (Å²) in [6.45, 7) is 3.76. The Balaban J connectivity index is 1.61. The monoisotopic (exact) mass is 477 g/mol. The number of aliphatic carboxylic acids is 1. The molecule has 33 heavy (non-hydrogen) atoms. The van der Waals surface area contributed by atoms with Crippen LogP contribution in [0.4, 0.5) is 29.3 Å². The Morgan fingerprint density at radius 2 is 1.70 bits per heavy atom. The highest BCUT2D eigenvalue weighted by molar-refractivity contribution is 7.15. The van der Waals surface area contributed by atoms with Gasteiger partial charge < -0.3 is 15.7 Å². The molecule has 0 saturated heterocycles. The van der Waals surface area contributed by atoms with Crippen LogP contribution in [0.5, 0.6) is 0 Å². The third-order valence-electron chi connectivity index (χ3n) is 4.69. The smallest absolute Gasteiger partial charge is 0.416 e. The van der Waals surface area contributed by atoms with Crippen LogP contribution in [-0.2, 0) is 17.4 Å². The van der Waals surface area contributed by atoms with E-state index >= 15 is 0 Å². The van der Waals surface area contributed by atoms with Crippen LogP contribution >= 0.6 is 11.3 Å². The van der Waals surface area contributed by atoms with Crippen molar-refractivity contribution in [1.29, 1.82) is 0 Å². The Morgan fingerprint density at radius 1 is 1.03 bits per heavy atom. The van der Waals surface area contributed by atoms with Gasteiger partial charge in [-0.05, 0) is 41.3 Å². The van der Waals surface area contributed by atoms with Crippen LogP contribution in [0.25, 0.3) is 10.4 Å². The van der Waals surface area contributed by atoms with Crippen molar-refractivity contribution in [3.05, 3.63) is 65.3 Å². The van der Waals surface area contributed by atoms with Crippen molar-refractivity contribution in [2.75, 3.05) is 10.6 Å². The van der Waals surface area contributed by atoms with Crippen molar-refractivity contribution in [2.24, 2.45) is 5.41 Å². The number of nitrogens with one attached hydrogen (secondary N) is 2. The molecule has 10 heteroatoms. The van der Waals surface area contributed by atoms with E-state index in [9.17, 15) is 22.8 Å². The Labute approximate surface area is 192 Å². The number of carbonyl (C=O) groups is 2. The molecule has 3 aromatic rings. The van der Waals surface area contributed by atoms with E-state index in [1.165, 1.54) is 23.5 Å². The number of carboxylic acids is 1. The maximum Gasteiger partial charge on any atom is 0.416 e. The van der Waals surface area contributed by atoms with Crippen molar-refractivity contribution in [1.82, 2.24) is 4.98 Å². The van der Waals surface area contributed by atoms with E-state index in [0.29, 0.717) is 12.1 Å². The predicted octanol–water partition coefficient (Wildman–Crippen LogP) is 6.52. The van der Waals surface area contributed by atoms with Crippen molar-refractivity contribution in [3.8, 4) is 10.4 Å². The summed E-state index contributed by atoms with van der Waals surface area (Å²) in [6, 6.07) is 10.7. The number of rotatable bonds is 7. The summed E-state index contributed by atoms with van der Waals surface area (Å²) in [6.07, 6.45) is -2.18. The molecular weight excluding hydrogens is 455 g/mol. The summed E-state index contributed by atoms with van der Waals surface area (Å²) < 4.78 is 38.4. The number of alkyl halides is 3. The third-order valence-corrected chi connectivity index (χ3v) is 5.73. The quantitative estimate of drug-likeness (QED) is 0.361. The molecule has 0 aliphatic carbocycles. The average molecular weight is 478 g/mol. The molecule has 0 radical (unpaired) electrons. The highest BCUT2D eigenvalue weighted by Crippen LogP contribution is 2.33. The Bertz CT molecular complexity index is 1140. The van der Waals surface area contributed by atoms with Gasteiger partial charge in [-0.15, -0.1) is 11.3 Å². The van der Waals surface area contributed by atoms with Gasteiger partial charge in [0.1, 0.15) is 0 Å². The molecule has 0 spiro atoms. The van der Waals surface area contributed by atoms with Crippen LogP contribution in [0.1, 0.15) is 30.8 Å². The van der Waals surface area contributed by atoms with Crippen molar-refractivity contribution < 1.29 is 27.9 Å². The molecule has 0 aliphatic heterocycles. The third kappa shape index (κ3) is 7.04. The number of halogens is 3. The van der Waals surface area contributed by atoms with E-state index in [1.54, 1.807) is 30.5 Å². The lowest BCUT2D eigenvalue weighted by atomic mass is 9.86. The lowest BCUT2D eigenvalue weighted by Crippen LogP contribution is -2.19. The number of benzene rings is 2. The molecule has 3 rings (SSSR count). The molecule has 0 bridgehead atoms. The zero-order chi connectivity index (χ0) is 24.2. The van der Waals surface area contributed by atoms with Gasteiger partial charge in [0.15, 0.2) is 0 Å². The van der Waals surface area contributed by atoms with Gasteiger partial charge in [0.2, 0.25) is 0 Å². The molecule has 2 aromatic carbocycles. The largest absolute Gasteiger partial charge is 0.481 e. The first-order valence-corrected chi connectivity index (χ1v) is 10.8. The minimum atomic E-state index is -4.49. The van der Waals surface area contributed by atoms with Gasteiger partial charge >= 0.3 is 18.2 Å². The minimum Gasteiger partial charge on any atom is -0.481 e. The van der Waals surface area contributed by atoms with Gasteiger partial charge in [0.05, 0.1) is 21.9 Å². The molecule has 6 nitrogen and oxygen atoms in total. The number of carboxylic acid groups (broad SMARTS) is 1. The molecule has 0 fully saturated rings. The van der Waals surface area contributed by atoms with E-state index in [4.69, 9.17) is 5.11 Å². The molecule has 0 atom stereocenters. The maximum absolute atomic E-state index is 12.8. The fourth-order valence-electron chi connectivity index (χ4n) is 3.19. The molecule has 0 aliphatic rings. The molecule has 0 saturated carbocycles. The average Bonchev–Trinajstić information content (AvgIpc) is 3.14. The van der Waals surface area contributed by atoms with Gasteiger partial charge in [0, 0.05) is 24.0 Å². The number of hydrogen-bond acceptors (Lipinski definition) is 4. The summed E-state index contributed by atoms with van der Waals surface area (Å²) in [5.74, 6) is -0.850. The van der Waals surface area contributed by atoms with Crippen LogP contribution in [-0.4, -0.2) is 22.1 Å². The van der Waals surface area contributed by atoms with Crippen LogP contribution in [0.2, 0.25) is 0 Å². The van der Waals surface area contributed by atoms with Crippen LogP contribution in [0, 0.1) is 5.41 Å². The van der Waals surface area contributed by atoms with Crippen LogP contribution in [0.3, 0.4) is 0 Å². The van der Waals surface area contributed by atoms with E-state index in [2.05, 4.69) is 15.6 Å². The van der Waals surface area contributed by atoms with Gasteiger partial charge in [0.25, 0.3) is 0 Å². The lowest BCUT2D eigenvalue weighted by molar-refractivity contribution is -0.139. The van der Waals surface area contributed by atoms with Crippen molar-refractivity contribution >= 4 is 34.7 Å². The highest BCUT2D eigenvalue weighted by Gasteiger charge is 2.30. The fraction of sp³-hybridized carbons (Fsp3) is 0.261. The van der Waals surface area contributed by atoms with E-state index in [-0.39, 0.29) is 12.1 Å². The summed E-state index contributed by atoms with van der Waals surface area (Å²) in [7, 11) is 0. The summed E-state index contributed by atoms with van der Waals surface area (Å²) in [5, 5.41) is 14.8. The predicted molar refractivity (Wildman–Crippen MR) is 121 cm³/mol. The second-order valence-electron chi connectivity index (χ2n) is 8.26. The number of aromatic nitrogens is 1. The number of anilines is 2. The van der Waals surface area contributed by atoms with Crippen molar-refractivity contribution in [3.63, 3.8) is 0 Å². The topological polar surface area (TPSA) is 91.3 Å². The molecule has 1 heterocycles. The van der Waals surface area contributed by atoms with E-state index in [0.717, 1.165) is 27.6 Å². The molecular formula is C23H22F3N3O3S. The zero-order valence-electron chi connectivity index (χ0n) is 17.9. The maximum atomic E-state index is 12.8. The molecule has 3 N–H and O–H groups in total. The van der Waals surface area contributed by atoms with E-state index in [1.807, 2.05) is 13.8 Å². The number of thiazole rings is 1. The lowest BCUT2D eigenvalue weighted by Gasteiger charge is -2.20. The fourth-order valence-corrected chi connectivity index (χ4v) is 4.37. The first-order chi connectivity index (χ1) is 15.4. The zero-order valence-corrected chi connectivity index (χ0v) is 18.7. The number of hydrogen-bond donors (Lipinski definition) is 3. The second-order valence-corrected chi connectivity index (χ2v) is 9.38. The second kappa shape index (κ2) is 9.62. The van der Waals surface area contributed by atoms with Crippen LogP contribution < -0.4 is 10.6 Å². The molecule has 0 unspecified atom stereocenters. The van der Waals surface area contributed by atoms with Gasteiger partial charge in [-0.2, -0.15) is 13.2 Å².